The summed E-state index contributed by atoms with van der Waals surface area (Å²) >= 11 is 5.89. The number of carbonyl (C=O) groups excluding carboxylic acids is 1. The lowest BCUT2D eigenvalue weighted by molar-refractivity contribution is 0.0696. The first kappa shape index (κ1) is 15.0. The molecule has 1 aromatic rings. The van der Waals surface area contributed by atoms with E-state index in [0.29, 0.717) is 10.7 Å². The first-order chi connectivity index (χ1) is 8.56. The third-order valence-electron chi connectivity index (χ3n) is 2.83. The highest BCUT2D eigenvalue weighted by atomic mass is 35.5. The smallest absolute Gasteiger partial charge is 0.272 e. The van der Waals surface area contributed by atoms with Crippen LogP contribution in [0.25, 0.3) is 0 Å². The van der Waals surface area contributed by atoms with Crippen molar-refractivity contribution >= 4 is 17.5 Å². The van der Waals surface area contributed by atoms with Gasteiger partial charge in [0.05, 0.1) is 0 Å². The number of hydrogen-bond acceptors (Lipinski definition) is 2. The zero-order valence-corrected chi connectivity index (χ0v) is 12.1. The second-order valence-electron chi connectivity index (χ2n) is 4.66. The van der Waals surface area contributed by atoms with Crippen molar-refractivity contribution in [3.8, 4) is 0 Å². The van der Waals surface area contributed by atoms with Crippen LogP contribution >= 0.6 is 11.6 Å². The van der Waals surface area contributed by atoms with E-state index in [4.69, 9.17) is 11.6 Å². The van der Waals surface area contributed by atoms with Gasteiger partial charge < -0.3 is 4.90 Å². The topological polar surface area (TPSA) is 33.2 Å². The molecule has 0 aliphatic carbocycles. The van der Waals surface area contributed by atoms with Gasteiger partial charge >= 0.3 is 0 Å². The van der Waals surface area contributed by atoms with Crippen LogP contribution in [0.1, 0.15) is 50.5 Å². The van der Waals surface area contributed by atoms with Crippen LogP contribution in [0.15, 0.2) is 18.3 Å². The average Bonchev–Trinajstić information content (AvgIpc) is 2.33. The van der Waals surface area contributed by atoms with Gasteiger partial charge in [0.25, 0.3) is 5.91 Å². The SMILES string of the molecule is CCCCCN(C(=O)c1cc(Cl)ccn1)C(C)C. The van der Waals surface area contributed by atoms with Crippen LogP contribution in [0.4, 0.5) is 0 Å². The highest BCUT2D eigenvalue weighted by molar-refractivity contribution is 6.30. The molecule has 1 aromatic heterocycles. The van der Waals surface area contributed by atoms with Crippen LogP contribution < -0.4 is 0 Å². The molecule has 3 nitrogen and oxygen atoms in total. The minimum atomic E-state index is -0.0383. The number of halogens is 1. The predicted molar refractivity (Wildman–Crippen MR) is 74.9 cm³/mol. The van der Waals surface area contributed by atoms with Crippen molar-refractivity contribution in [3.63, 3.8) is 0 Å². The maximum absolute atomic E-state index is 12.3. The van der Waals surface area contributed by atoms with Gasteiger partial charge in [-0.15, -0.1) is 0 Å². The van der Waals surface area contributed by atoms with Crippen LogP contribution in [0, 0.1) is 0 Å². The van der Waals surface area contributed by atoms with Gasteiger partial charge in [-0.25, -0.2) is 0 Å². The molecule has 1 rings (SSSR count). The van der Waals surface area contributed by atoms with Crippen molar-refractivity contribution in [2.45, 2.75) is 46.1 Å². The summed E-state index contributed by atoms with van der Waals surface area (Å²) < 4.78 is 0. The third kappa shape index (κ3) is 4.30. The quantitative estimate of drug-likeness (QED) is 0.736. The Morgan fingerprint density at radius 3 is 2.72 bits per heavy atom. The second-order valence-corrected chi connectivity index (χ2v) is 5.10. The van der Waals surface area contributed by atoms with Gasteiger partial charge in [-0.3, -0.25) is 9.78 Å². The van der Waals surface area contributed by atoms with E-state index in [0.717, 1.165) is 25.8 Å². The van der Waals surface area contributed by atoms with E-state index in [1.165, 1.54) is 0 Å². The number of unbranched alkanes of at least 4 members (excludes halogenated alkanes) is 2. The van der Waals surface area contributed by atoms with Crippen molar-refractivity contribution in [2.24, 2.45) is 0 Å². The van der Waals surface area contributed by atoms with E-state index >= 15 is 0 Å². The van der Waals surface area contributed by atoms with Crippen LogP contribution in [0.3, 0.4) is 0 Å². The number of nitrogens with zero attached hydrogens (tertiary/aromatic N) is 2. The molecule has 0 aromatic carbocycles. The monoisotopic (exact) mass is 268 g/mol. The molecular formula is C14H21ClN2O. The number of carbonyl (C=O) groups is 1. The van der Waals surface area contributed by atoms with E-state index in [1.807, 2.05) is 18.7 Å². The molecule has 4 heteroatoms. The molecule has 18 heavy (non-hydrogen) atoms. The summed E-state index contributed by atoms with van der Waals surface area (Å²) in [7, 11) is 0. The average molecular weight is 269 g/mol. The minimum absolute atomic E-state index is 0.0383. The molecule has 0 aliphatic rings. The maximum atomic E-state index is 12.3. The lowest BCUT2D eigenvalue weighted by atomic mass is 10.2. The van der Waals surface area contributed by atoms with Crippen molar-refractivity contribution < 1.29 is 4.79 Å². The number of hydrogen-bond donors (Lipinski definition) is 0. The van der Waals surface area contributed by atoms with Gasteiger partial charge in [0, 0.05) is 23.8 Å². The summed E-state index contributed by atoms with van der Waals surface area (Å²) in [5.41, 5.74) is 0.424. The van der Waals surface area contributed by atoms with Gasteiger partial charge in [0.2, 0.25) is 0 Å². The zero-order valence-electron chi connectivity index (χ0n) is 11.3. The Hall–Kier alpha value is -1.09. The van der Waals surface area contributed by atoms with E-state index in [9.17, 15) is 4.79 Å². The van der Waals surface area contributed by atoms with E-state index in [2.05, 4.69) is 11.9 Å². The molecule has 0 radical (unpaired) electrons. The standard InChI is InChI=1S/C14H21ClN2O/c1-4-5-6-9-17(11(2)3)14(18)13-10-12(15)7-8-16-13/h7-8,10-11H,4-6,9H2,1-3H3. The molecule has 0 N–H and O–H groups in total. The Bertz CT molecular complexity index is 393. The van der Waals surface area contributed by atoms with Gasteiger partial charge in [-0.1, -0.05) is 31.4 Å². The van der Waals surface area contributed by atoms with E-state index in [-0.39, 0.29) is 11.9 Å². The van der Waals surface area contributed by atoms with Crippen molar-refractivity contribution in [1.29, 1.82) is 0 Å². The van der Waals surface area contributed by atoms with Gasteiger partial charge in [0.1, 0.15) is 5.69 Å². The van der Waals surface area contributed by atoms with Crippen molar-refractivity contribution in [1.82, 2.24) is 9.88 Å². The lowest BCUT2D eigenvalue weighted by Crippen LogP contribution is -2.38. The van der Waals surface area contributed by atoms with Gasteiger partial charge in [-0.2, -0.15) is 0 Å². The summed E-state index contributed by atoms with van der Waals surface area (Å²) in [6.45, 7) is 6.97. The molecule has 0 aliphatic heterocycles. The summed E-state index contributed by atoms with van der Waals surface area (Å²) in [4.78, 5) is 18.3. The largest absolute Gasteiger partial charge is 0.335 e. The summed E-state index contributed by atoms with van der Waals surface area (Å²) in [6, 6.07) is 3.48. The van der Waals surface area contributed by atoms with Gasteiger partial charge in [-0.05, 0) is 32.4 Å². The van der Waals surface area contributed by atoms with Crippen LogP contribution in [-0.2, 0) is 0 Å². The molecule has 0 fully saturated rings. The predicted octanol–water partition coefficient (Wildman–Crippen LogP) is 3.78. The van der Waals surface area contributed by atoms with Crippen LogP contribution in [-0.4, -0.2) is 28.4 Å². The number of rotatable bonds is 6. The molecule has 0 atom stereocenters. The fourth-order valence-corrected chi connectivity index (χ4v) is 1.95. The molecule has 0 spiro atoms. The Kier molecular flexibility index (Phi) is 6.13. The normalized spacial score (nSPS) is 10.7. The number of amides is 1. The Balaban J connectivity index is 2.76. The van der Waals surface area contributed by atoms with Gasteiger partial charge in [0.15, 0.2) is 0 Å². The highest BCUT2D eigenvalue weighted by Gasteiger charge is 2.19. The molecule has 0 saturated heterocycles. The maximum Gasteiger partial charge on any atom is 0.272 e. The van der Waals surface area contributed by atoms with Crippen LogP contribution in [0.5, 0.6) is 0 Å². The summed E-state index contributed by atoms with van der Waals surface area (Å²) in [5.74, 6) is -0.0383. The third-order valence-corrected chi connectivity index (χ3v) is 3.06. The summed E-state index contributed by atoms with van der Waals surface area (Å²) in [6.07, 6.45) is 4.89. The molecule has 100 valence electrons. The fraction of sp³-hybridized carbons (Fsp3) is 0.571. The second kappa shape index (κ2) is 7.37. The highest BCUT2D eigenvalue weighted by Crippen LogP contribution is 2.13. The summed E-state index contributed by atoms with van der Waals surface area (Å²) in [5, 5.41) is 0.547. The van der Waals surface area contributed by atoms with Crippen molar-refractivity contribution in [2.75, 3.05) is 6.54 Å². The van der Waals surface area contributed by atoms with E-state index < -0.39 is 0 Å². The fourth-order valence-electron chi connectivity index (χ4n) is 1.80. The lowest BCUT2D eigenvalue weighted by Gasteiger charge is -2.26. The Labute approximate surface area is 114 Å². The van der Waals surface area contributed by atoms with Crippen LogP contribution in [0.2, 0.25) is 5.02 Å². The molecule has 0 saturated carbocycles. The first-order valence-electron chi connectivity index (χ1n) is 6.48. The molecular weight excluding hydrogens is 248 g/mol. The molecule has 1 amide bonds. The Morgan fingerprint density at radius 2 is 2.17 bits per heavy atom. The minimum Gasteiger partial charge on any atom is -0.335 e. The number of aromatic nitrogens is 1. The first-order valence-corrected chi connectivity index (χ1v) is 6.86. The zero-order chi connectivity index (χ0) is 13.5. The van der Waals surface area contributed by atoms with E-state index in [1.54, 1.807) is 18.3 Å². The Morgan fingerprint density at radius 1 is 1.44 bits per heavy atom. The number of pyridine rings is 1. The molecule has 0 bridgehead atoms. The molecule has 0 unspecified atom stereocenters. The van der Waals surface area contributed by atoms with Crippen molar-refractivity contribution in [3.05, 3.63) is 29.0 Å². The molecule has 1 heterocycles.